The molecule has 174 valence electrons. The van der Waals surface area contributed by atoms with E-state index >= 15 is 0 Å². The molecule has 0 aliphatic heterocycles. The molecule has 6 rings (SSSR count). The van der Waals surface area contributed by atoms with E-state index in [1.807, 2.05) is 55.5 Å². The summed E-state index contributed by atoms with van der Waals surface area (Å²) in [5.41, 5.74) is 3.63. The topological polar surface area (TPSA) is 101 Å². The fourth-order valence-corrected chi connectivity index (χ4v) is 4.92. The Morgan fingerprint density at radius 1 is 0.944 bits per heavy atom. The lowest BCUT2D eigenvalue weighted by molar-refractivity contribution is 0.102. The summed E-state index contributed by atoms with van der Waals surface area (Å²) in [5, 5.41) is 3.66. The van der Waals surface area contributed by atoms with Crippen LogP contribution in [0.3, 0.4) is 0 Å². The summed E-state index contributed by atoms with van der Waals surface area (Å²) in [4.78, 5) is 45.2. The van der Waals surface area contributed by atoms with Crippen molar-refractivity contribution >= 4 is 45.0 Å². The molecule has 0 aliphatic rings. The maximum atomic E-state index is 13.4. The molecule has 0 fully saturated rings. The first kappa shape index (κ1) is 21.8. The van der Waals surface area contributed by atoms with E-state index in [0.29, 0.717) is 22.6 Å². The zero-order chi connectivity index (χ0) is 24.6. The van der Waals surface area contributed by atoms with E-state index in [9.17, 15) is 9.59 Å². The predicted molar refractivity (Wildman–Crippen MR) is 143 cm³/mol. The Hall–Kier alpha value is -4.69. The van der Waals surface area contributed by atoms with Crippen molar-refractivity contribution in [3.8, 4) is 21.8 Å². The average molecular weight is 490 g/mol. The Morgan fingerprint density at radius 2 is 1.81 bits per heavy atom. The second-order valence-electron chi connectivity index (χ2n) is 8.29. The fourth-order valence-electron chi connectivity index (χ4n) is 4.06. The molecule has 4 heterocycles. The van der Waals surface area contributed by atoms with Crippen molar-refractivity contribution in [2.75, 3.05) is 5.32 Å². The van der Waals surface area contributed by atoms with Crippen molar-refractivity contribution in [1.29, 1.82) is 0 Å². The number of aromatic nitrogens is 4. The molecule has 8 heteroatoms. The number of amides is 1. The number of rotatable bonds is 4. The van der Waals surface area contributed by atoms with Crippen LogP contribution in [0, 0.1) is 6.92 Å². The zero-order valence-corrected chi connectivity index (χ0v) is 20.0. The molecule has 0 atom stereocenters. The monoisotopic (exact) mass is 489 g/mol. The summed E-state index contributed by atoms with van der Waals surface area (Å²) >= 11 is 1.61. The number of hydrogen-bond acceptors (Lipinski definition) is 6. The van der Waals surface area contributed by atoms with Gasteiger partial charge in [-0.2, -0.15) is 0 Å². The minimum atomic E-state index is -0.404. The van der Waals surface area contributed by atoms with Gasteiger partial charge in [0.05, 0.1) is 16.1 Å². The summed E-state index contributed by atoms with van der Waals surface area (Å²) < 4.78 is 0. The number of carbonyl (C=O) groups is 1. The van der Waals surface area contributed by atoms with E-state index in [4.69, 9.17) is 9.97 Å². The highest BCUT2D eigenvalue weighted by Gasteiger charge is 2.19. The van der Waals surface area contributed by atoms with Gasteiger partial charge in [0.15, 0.2) is 11.2 Å². The van der Waals surface area contributed by atoms with Gasteiger partial charge in [0.25, 0.3) is 5.91 Å². The maximum absolute atomic E-state index is 13.4. The third kappa shape index (κ3) is 3.93. The van der Waals surface area contributed by atoms with E-state index in [1.165, 1.54) is 6.20 Å². The second-order valence-corrected chi connectivity index (χ2v) is 9.58. The van der Waals surface area contributed by atoms with Gasteiger partial charge in [0.1, 0.15) is 11.4 Å². The fraction of sp³-hybridized carbons (Fsp3) is 0.0357. The van der Waals surface area contributed by atoms with Crippen molar-refractivity contribution in [3.05, 3.63) is 106 Å². The first-order valence-corrected chi connectivity index (χ1v) is 12.1. The molecule has 0 aliphatic carbocycles. The van der Waals surface area contributed by atoms with Gasteiger partial charge >= 0.3 is 0 Å². The first-order valence-electron chi connectivity index (χ1n) is 11.3. The molecule has 0 unspecified atom stereocenters. The van der Waals surface area contributed by atoms with Crippen molar-refractivity contribution in [2.24, 2.45) is 0 Å². The van der Waals surface area contributed by atoms with Crippen LogP contribution in [0.25, 0.3) is 43.9 Å². The molecule has 0 saturated carbocycles. The van der Waals surface area contributed by atoms with Gasteiger partial charge in [-0.15, -0.1) is 11.3 Å². The van der Waals surface area contributed by atoms with Crippen LogP contribution in [-0.2, 0) is 0 Å². The first-order chi connectivity index (χ1) is 17.6. The van der Waals surface area contributed by atoms with Crippen molar-refractivity contribution in [3.63, 3.8) is 0 Å². The molecule has 0 spiro atoms. The molecule has 36 heavy (non-hydrogen) atoms. The lowest BCUT2D eigenvalue weighted by Crippen LogP contribution is -2.19. The lowest BCUT2D eigenvalue weighted by Gasteiger charge is -2.11. The summed E-state index contributed by atoms with van der Waals surface area (Å²) in [5.74, 6) is -0.374. The van der Waals surface area contributed by atoms with Crippen LogP contribution in [0.2, 0.25) is 0 Å². The van der Waals surface area contributed by atoms with Gasteiger partial charge < -0.3 is 10.3 Å². The highest BCUT2D eigenvalue weighted by atomic mass is 32.1. The molecule has 2 N–H and O–H groups in total. The van der Waals surface area contributed by atoms with Crippen LogP contribution in [0.5, 0.6) is 0 Å². The molecule has 0 bridgehead atoms. The molecular weight excluding hydrogens is 470 g/mol. The third-order valence-electron chi connectivity index (χ3n) is 5.84. The summed E-state index contributed by atoms with van der Waals surface area (Å²) in [7, 11) is 0. The number of pyridine rings is 2. The summed E-state index contributed by atoms with van der Waals surface area (Å²) in [6, 6.07) is 22.5. The lowest BCUT2D eigenvalue weighted by atomic mass is 10.1. The molecule has 2 aromatic carbocycles. The Labute approximate surface area is 209 Å². The Kier molecular flexibility index (Phi) is 5.35. The van der Waals surface area contributed by atoms with Crippen LogP contribution in [-0.4, -0.2) is 25.8 Å². The number of carbonyl (C=O) groups excluding carboxylic acids is 1. The van der Waals surface area contributed by atoms with E-state index < -0.39 is 5.43 Å². The predicted octanol–water partition coefficient (Wildman–Crippen LogP) is 5.82. The molecule has 6 aromatic rings. The highest BCUT2D eigenvalue weighted by Crippen LogP contribution is 2.35. The van der Waals surface area contributed by atoms with Gasteiger partial charge in [-0.3, -0.25) is 14.6 Å². The molecule has 4 aromatic heterocycles. The Morgan fingerprint density at radius 3 is 2.61 bits per heavy atom. The number of aromatic amines is 1. The molecule has 0 saturated heterocycles. The van der Waals surface area contributed by atoms with Crippen LogP contribution >= 0.6 is 11.3 Å². The van der Waals surface area contributed by atoms with Crippen LogP contribution < -0.4 is 10.7 Å². The Balaban J connectivity index is 1.53. The number of nitrogens with one attached hydrogen (secondary N) is 2. The standard InChI is InChI=1S/C28H19N5O2S/c1-16-9-12-22(36-16)24-23(19-10-11-20-18(14-19)8-5-13-29-20)32-25-26(34)21(15-30-27(25)33-24)31-28(35)17-6-3-2-4-7-17/h2-15H,1H3,(H,31,35)(H,30,33,34). The van der Waals surface area contributed by atoms with Crippen molar-refractivity contribution in [2.45, 2.75) is 6.92 Å². The van der Waals surface area contributed by atoms with Crippen LogP contribution in [0.15, 0.2) is 90.0 Å². The average Bonchev–Trinajstić information content (AvgIpc) is 3.36. The van der Waals surface area contributed by atoms with Gasteiger partial charge in [-0.1, -0.05) is 30.3 Å². The molecule has 7 nitrogen and oxygen atoms in total. The van der Waals surface area contributed by atoms with E-state index in [-0.39, 0.29) is 17.1 Å². The number of fused-ring (bicyclic) bond motifs is 2. The van der Waals surface area contributed by atoms with Crippen molar-refractivity contribution < 1.29 is 4.79 Å². The normalized spacial score (nSPS) is 11.1. The van der Waals surface area contributed by atoms with Crippen LogP contribution in [0.1, 0.15) is 15.2 Å². The number of aryl methyl sites for hydroxylation is 1. The molecular formula is C28H19N5O2S. The van der Waals surface area contributed by atoms with Gasteiger partial charge in [-0.05, 0) is 49.4 Å². The zero-order valence-electron chi connectivity index (χ0n) is 19.1. The van der Waals surface area contributed by atoms with Crippen LogP contribution in [0.4, 0.5) is 5.69 Å². The number of benzene rings is 2. The highest BCUT2D eigenvalue weighted by molar-refractivity contribution is 7.15. The van der Waals surface area contributed by atoms with E-state index in [1.54, 1.807) is 41.8 Å². The largest absolute Gasteiger partial charge is 0.343 e. The minimum Gasteiger partial charge on any atom is -0.343 e. The second kappa shape index (κ2) is 8.83. The number of anilines is 1. The van der Waals surface area contributed by atoms with Gasteiger partial charge in [0, 0.05) is 33.8 Å². The van der Waals surface area contributed by atoms with Crippen molar-refractivity contribution in [1.82, 2.24) is 19.9 Å². The number of nitrogens with zero attached hydrogens (tertiary/aromatic N) is 3. The smallest absolute Gasteiger partial charge is 0.255 e. The summed E-state index contributed by atoms with van der Waals surface area (Å²) in [6.07, 6.45) is 3.22. The number of H-pyrrole nitrogens is 1. The van der Waals surface area contributed by atoms with E-state index in [0.717, 1.165) is 26.2 Å². The van der Waals surface area contributed by atoms with Gasteiger partial charge in [-0.25, -0.2) is 9.97 Å². The quantitative estimate of drug-likeness (QED) is 0.325. The van der Waals surface area contributed by atoms with E-state index in [2.05, 4.69) is 15.3 Å². The number of hydrogen-bond donors (Lipinski definition) is 2. The SMILES string of the molecule is Cc1ccc(-c2nc3[nH]cc(NC(=O)c4ccccc4)c(=O)c3nc2-c2ccc3ncccc3c2)s1. The molecule has 0 radical (unpaired) electrons. The minimum absolute atomic E-state index is 0.110. The molecule has 1 amide bonds. The Bertz CT molecular complexity index is 1830. The summed E-state index contributed by atoms with van der Waals surface area (Å²) in [6.45, 7) is 2.04. The maximum Gasteiger partial charge on any atom is 0.255 e. The third-order valence-corrected chi connectivity index (χ3v) is 6.85. The van der Waals surface area contributed by atoms with Gasteiger partial charge in [0.2, 0.25) is 5.43 Å². The number of thiophene rings is 1.